The predicted octanol–water partition coefficient (Wildman–Crippen LogP) is 2.88. The third-order valence-electron chi connectivity index (χ3n) is 2.66. The smallest absolute Gasteiger partial charge is 0.309 e. The number of halogens is 1. The van der Waals surface area contributed by atoms with E-state index < -0.39 is 5.97 Å². The van der Waals surface area contributed by atoms with Gasteiger partial charge in [0.05, 0.1) is 17.8 Å². The number of carboxylic acids is 1. The van der Waals surface area contributed by atoms with Crippen molar-refractivity contribution in [1.82, 2.24) is 9.78 Å². The second-order valence-electron chi connectivity index (χ2n) is 4.19. The summed E-state index contributed by atoms with van der Waals surface area (Å²) < 4.78 is 2.80. The van der Waals surface area contributed by atoms with Crippen molar-refractivity contribution in [3.63, 3.8) is 0 Å². The van der Waals surface area contributed by atoms with Crippen molar-refractivity contribution in [2.45, 2.75) is 20.3 Å². The average molecular weight is 309 g/mol. The van der Waals surface area contributed by atoms with Crippen LogP contribution in [-0.2, 0) is 11.2 Å². The molecule has 1 aromatic heterocycles. The lowest BCUT2D eigenvalue weighted by molar-refractivity contribution is -0.136. The van der Waals surface area contributed by atoms with Gasteiger partial charge in [0.15, 0.2) is 0 Å². The zero-order valence-electron chi connectivity index (χ0n) is 10.1. The minimum absolute atomic E-state index is 0.0522. The number of rotatable bonds is 3. The lowest BCUT2D eigenvalue weighted by atomic mass is 10.2. The molecule has 0 unspecified atom stereocenters. The summed E-state index contributed by atoms with van der Waals surface area (Å²) in [5, 5.41) is 13.1. The Morgan fingerprint density at radius 3 is 2.72 bits per heavy atom. The third-order valence-corrected chi connectivity index (χ3v) is 3.55. The number of benzene rings is 1. The van der Waals surface area contributed by atoms with Gasteiger partial charge in [-0.15, -0.1) is 0 Å². The number of aromatic nitrogens is 2. The van der Waals surface area contributed by atoms with Crippen LogP contribution in [0.2, 0.25) is 0 Å². The second-order valence-corrected chi connectivity index (χ2v) is 5.05. The Kier molecular flexibility index (Phi) is 3.52. The number of nitrogens with zero attached hydrogens (tertiary/aromatic N) is 2. The summed E-state index contributed by atoms with van der Waals surface area (Å²) in [6.45, 7) is 3.92. The van der Waals surface area contributed by atoms with Gasteiger partial charge in [-0.3, -0.25) is 4.79 Å². The molecule has 0 atom stereocenters. The molecule has 1 heterocycles. The van der Waals surface area contributed by atoms with E-state index in [-0.39, 0.29) is 6.42 Å². The number of hydrogen-bond acceptors (Lipinski definition) is 2. The van der Waals surface area contributed by atoms with E-state index in [9.17, 15) is 4.79 Å². The summed E-state index contributed by atoms with van der Waals surface area (Å²) in [7, 11) is 0. The van der Waals surface area contributed by atoms with E-state index >= 15 is 0 Å². The van der Waals surface area contributed by atoms with Crippen LogP contribution >= 0.6 is 15.9 Å². The van der Waals surface area contributed by atoms with Crippen LogP contribution in [0.3, 0.4) is 0 Å². The van der Waals surface area contributed by atoms with E-state index in [1.54, 1.807) is 10.7 Å². The number of aryl methyl sites for hydroxylation is 2. The fraction of sp³-hybridized carbons (Fsp3) is 0.231. The van der Waals surface area contributed by atoms with Crippen LogP contribution in [0.5, 0.6) is 0 Å². The number of hydrogen-bond donors (Lipinski definition) is 1. The summed E-state index contributed by atoms with van der Waals surface area (Å²) in [6.07, 6.45) is -0.0522. The maximum atomic E-state index is 10.7. The molecule has 94 valence electrons. The van der Waals surface area contributed by atoms with Crippen molar-refractivity contribution < 1.29 is 9.90 Å². The largest absolute Gasteiger partial charge is 0.481 e. The average Bonchev–Trinajstić information content (AvgIpc) is 2.62. The molecule has 0 saturated carbocycles. The molecule has 2 aromatic rings. The molecule has 1 N–H and O–H groups in total. The Balaban J connectivity index is 2.41. The van der Waals surface area contributed by atoms with Gasteiger partial charge in [-0.1, -0.05) is 15.9 Å². The molecule has 0 bridgehead atoms. The maximum absolute atomic E-state index is 10.7. The molecule has 0 aliphatic heterocycles. The Bertz CT molecular complexity index is 605. The highest BCUT2D eigenvalue weighted by atomic mass is 79.9. The van der Waals surface area contributed by atoms with Gasteiger partial charge >= 0.3 is 5.97 Å². The van der Waals surface area contributed by atoms with E-state index in [1.165, 1.54) is 0 Å². The highest BCUT2D eigenvalue weighted by molar-refractivity contribution is 9.10. The van der Waals surface area contributed by atoms with Gasteiger partial charge in [-0.2, -0.15) is 5.10 Å². The molecule has 4 nitrogen and oxygen atoms in total. The highest BCUT2D eigenvalue weighted by Gasteiger charge is 2.09. The highest BCUT2D eigenvalue weighted by Crippen LogP contribution is 2.20. The Labute approximate surface area is 113 Å². The molecule has 0 aliphatic carbocycles. The van der Waals surface area contributed by atoms with Crippen molar-refractivity contribution in [1.29, 1.82) is 0 Å². The van der Waals surface area contributed by atoms with Crippen molar-refractivity contribution in [2.75, 3.05) is 0 Å². The molecular formula is C13H13BrN2O2. The monoisotopic (exact) mass is 308 g/mol. The third kappa shape index (κ3) is 2.61. The van der Waals surface area contributed by atoms with Crippen LogP contribution in [0, 0.1) is 13.8 Å². The SMILES string of the molecule is Cc1cc(-n2nc(CC(=O)O)cc2C)ccc1Br. The minimum atomic E-state index is -0.869. The van der Waals surface area contributed by atoms with Crippen LogP contribution in [-0.4, -0.2) is 20.9 Å². The van der Waals surface area contributed by atoms with Gasteiger partial charge in [0.2, 0.25) is 0 Å². The van der Waals surface area contributed by atoms with Crippen LogP contribution in [0.25, 0.3) is 5.69 Å². The fourth-order valence-electron chi connectivity index (χ4n) is 1.80. The summed E-state index contributed by atoms with van der Waals surface area (Å²) in [5.41, 5.74) is 3.54. The molecule has 5 heteroatoms. The Morgan fingerprint density at radius 1 is 1.39 bits per heavy atom. The number of carbonyl (C=O) groups is 1. The van der Waals surface area contributed by atoms with Gasteiger partial charge in [0, 0.05) is 10.2 Å². The van der Waals surface area contributed by atoms with Gasteiger partial charge < -0.3 is 5.11 Å². The number of carboxylic acid groups (broad SMARTS) is 1. The zero-order valence-corrected chi connectivity index (χ0v) is 11.7. The van der Waals surface area contributed by atoms with E-state index in [1.807, 2.05) is 32.0 Å². The van der Waals surface area contributed by atoms with Crippen molar-refractivity contribution in [3.8, 4) is 5.69 Å². The van der Waals surface area contributed by atoms with Crippen molar-refractivity contribution in [3.05, 3.63) is 45.7 Å². The Hall–Kier alpha value is -1.62. The molecule has 0 aliphatic rings. The van der Waals surface area contributed by atoms with Crippen LogP contribution in [0.15, 0.2) is 28.7 Å². The van der Waals surface area contributed by atoms with E-state index in [4.69, 9.17) is 5.11 Å². The maximum Gasteiger partial charge on any atom is 0.309 e. The van der Waals surface area contributed by atoms with E-state index in [0.29, 0.717) is 5.69 Å². The van der Waals surface area contributed by atoms with E-state index in [2.05, 4.69) is 21.0 Å². The molecule has 0 saturated heterocycles. The van der Waals surface area contributed by atoms with Gasteiger partial charge in [0.1, 0.15) is 0 Å². The lowest BCUT2D eigenvalue weighted by Gasteiger charge is -2.06. The fourth-order valence-corrected chi connectivity index (χ4v) is 2.05. The first kappa shape index (κ1) is 12.8. The molecule has 0 fully saturated rings. The van der Waals surface area contributed by atoms with Crippen LogP contribution in [0.1, 0.15) is 17.0 Å². The first-order chi connectivity index (χ1) is 8.47. The predicted molar refractivity (Wildman–Crippen MR) is 72.1 cm³/mol. The summed E-state index contributed by atoms with van der Waals surface area (Å²) in [4.78, 5) is 10.7. The van der Waals surface area contributed by atoms with Crippen LogP contribution in [0.4, 0.5) is 0 Å². The quantitative estimate of drug-likeness (QED) is 0.948. The zero-order chi connectivity index (χ0) is 13.3. The van der Waals surface area contributed by atoms with E-state index in [0.717, 1.165) is 21.4 Å². The minimum Gasteiger partial charge on any atom is -0.481 e. The summed E-state index contributed by atoms with van der Waals surface area (Å²) >= 11 is 3.45. The number of aliphatic carboxylic acids is 1. The standard InChI is InChI=1S/C13H13BrN2O2/c1-8-5-11(3-4-12(8)14)16-9(2)6-10(15-16)7-13(17)18/h3-6H,7H2,1-2H3,(H,17,18). The van der Waals surface area contributed by atoms with Crippen molar-refractivity contribution >= 4 is 21.9 Å². The van der Waals surface area contributed by atoms with Gasteiger partial charge in [-0.05, 0) is 43.7 Å². The molecule has 0 spiro atoms. The second kappa shape index (κ2) is 4.94. The van der Waals surface area contributed by atoms with Gasteiger partial charge in [0.25, 0.3) is 0 Å². The normalized spacial score (nSPS) is 10.6. The lowest BCUT2D eigenvalue weighted by Crippen LogP contribution is -2.03. The summed E-state index contributed by atoms with van der Waals surface area (Å²) in [6, 6.07) is 7.71. The van der Waals surface area contributed by atoms with Crippen LogP contribution < -0.4 is 0 Å². The Morgan fingerprint density at radius 2 is 2.11 bits per heavy atom. The molecule has 0 amide bonds. The first-order valence-corrected chi connectivity index (χ1v) is 6.30. The topological polar surface area (TPSA) is 55.1 Å². The molecular weight excluding hydrogens is 296 g/mol. The molecule has 18 heavy (non-hydrogen) atoms. The van der Waals surface area contributed by atoms with Gasteiger partial charge in [-0.25, -0.2) is 4.68 Å². The molecule has 0 radical (unpaired) electrons. The molecule has 1 aromatic carbocycles. The summed E-state index contributed by atoms with van der Waals surface area (Å²) in [5.74, 6) is -0.869. The molecule has 2 rings (SSSR count). The first-order valence-electron chi connectivity index (χ1n) is 5.51. The van der Waals surface area contributed by atoms with Crippen molar-refractivity contribution in [2.24, 2.45) is 0 Å².